The van der Waals surface area contributed by atoms with Crippen molar-refractivity contribution in [3.8, 4) is 0 Å². The Bertz CT molecular complexity index is 412. The molecule has 0 bridgehead atoms. The number of hydrogen-bond acceptors (Lipinski definition) is 1. The van der Waals surface area contributed by atoms with E-state index in [-0.39, 0.29) is 0 Å². The zero-order valence-electron chi connectivity index (χ0n) is 9.62. The van der Waals surface area contributed by atoms with Crippen LogP contribution in [0.1, 0.15) is 25.8 Å². The van der Waals surface area contributed by atoms with Crippen molar-refractivity contribution in [3.63, 3.8) is 0 Å². The van der Waals surface area contributed by atoms with E-state index in [2.05, 4.69) is 62.3 Å². The van der Waals surface area contributed by atoms with Crippen molar-refractivity contribution in [1.82, 2.24) is 4.90 Å². The molecule has 0 saturated heterocycles. The van der Waals surface area contributed by atoms with Crippen molar-refractivity contribution >= 4 is 5.57 Å². The molecule has 1 nitrogen and oxygen atoms in total. The van der Waals surface area contributed by atoms with E-state index in [9.17, 15) is 0 Å². The molecule has 0 unspecified atom stereocenters. The van der Waals surface area contributed by atoms with Gasteiger partial charge in [-0.05, 0) is 31.4 Å². The Morgan fingerprint density at radius 1 is 1.07 bits per heavy atom. The van der Waals surface area contributed by atoms with Crippen LogP contribution in [0.5, 0.6) is 0 Å². The first kappa shape index (κ1) is 10.0. The van der Waals surface area contributed by atoms with Crippen molar-refractivity contribution in [2.45, 2.75) is 20.3 Å². The molecule has 1 aliphatic heterocycles. The van der Waals surface area contributed by atoms with Crippen molar-refractivity contribution in [2.75, 3.05) is 7.05 Å². The summed E-state index contributed by atoms with van der Waals surface area (Å²) in [7, 11) is 2.11. The summed E-state index contributed by atoms with van der Waals surface area (Å²) < 4.78 is 0. The minimum Gasteiger partial charge on any atom is -0.354 e. The van der Waals surface area contributed by atoms with Crippen LogP contribution in [0.4, 0.5) is 0 Å². The predicted molar refractivity (Wildman–Crippen MR) is 65.2 cm³/mol. The van der Waals surface area contributed by atoms with Gasteiger partial charge < -0.3 is 4.90 Å². The largest absolute Gasteiger partial charge is 0.354 e. The maximum atomic E-state index is 2.21. The predicted octanol–water partition coefficient (Wildman–Crippen LogP) is 3.66. The number of hydrogen-bond donors (Lipinski definition) is 0. The average molecular weight is 199 g/mol. The molecule has 0 fully saturated rings. The molecule has 0 saturated carbocycles. The molecule has 15 heavy (non-hydrogen) atoms. The Balaban J connectivity index is 2.41. The number of rotatable bonds is 1. The van der Waals surface area contributed by atoms with Gasteiger partial charge in [-0.3, -0.25) is 0 Å². The van der Waals surface area contributed by atoms with Crippen LogP contribution in [0.25, 0.3) is 5.57 Å². The van der Waals surface area contributed by atoms with Crippen LogP contribution in [0.2, 0.25) is 0 Å². The fourth-order valence-corrected chi connectivity index (χ4v) is 2.04. The minimum atomic E-state index is 1.07. The first-order chi connectivity index (χ1) is 7.18. The standard InChI is InChI=1S/C14H17N/c1-11-9-14(12(2)15(3)10-11)13-7-5-4-6-8-13/h4-8,10H,9H2,1-3H3. The van der Waals surface area contributed by atoms with Crippen LogP contribution in [0.15, 0.2) is 47.8 Å². The van der Waals surface area contributed by atoms with Gasteiger partial charge in [-0.15, -0.1) is 0 Å². The van der Waals surface area contributed by atoms with E-state index < -0.39 is 0 Å². The van der Waals surface area contributed by atoms with E-state index in [0.717, 1.165) is 6.42 Å². The normalized spacial score (nSPS) is 16.7. The highest BCUT2D eigenvalue weighted by molar-refractivity contribution is 5.71. The Kier molecular flexibility index (Phi) is 2.63. The second kappa shape index (κ2) is 3.93. The molecule has 0 aromatic heterocycles. The average Bonchev–Trinajstić information content (AvgIpc) is 2.24. The summed E-state index contributed by atoms with van der Waals surface area (Å²) in [4.78, 5) is 2.21. The lowest BCUT2D eigenvalue weighted by molar-refractivity contribution is 0.554. The highest BCUT2D eigenvalue weighted by Crippen LogP contribution is 2.30. The van der Waals surface area contributed by atoms with E-state index in [1.807, 2.05) is 0 Å². The van der Waals surface area contributed by atoms with E-state index in [0.29, 0.717) is 0 Å². The maximum absolute atomic E-state index is 2.21. The lowest BCUT2D eigenvalue weighted by atomic mass is 9.95. The highest BCUT2D eigenvalue weighted by atomic mass is 15.1. The molecule has 1 aliphatic rings. The summed E-state index contributed by atoms with van der Waals surface area (Å²) in [6.45, 7) is 4.37. The molecule has 0 amide bonds. The zero-order chi connectivity index (χ0) is 10.8. The molecule has 2 rings (SSSR count). The summed E-state index contributed by atoms with van der Waals surface area (Å²) in [5, 5.41) is 0. The molecule has 1 aromatic rings. The fraction of sp³-hybridized carbons (Fsp3) is 0.286. The third kappa shape index (κ3) is 1.96. The van der Waals surface area contributed by atoms with Gasteiger partial charge in [-0.1, -0.05) is 35.9 Å². The van der Waals surface area contributed by atoms with Crippen LogP contribution in [0.3, 0.4) is 0 Å². The van der Waals surface area contributed by atoms with E-state index in [4.69, 9.17) is 0 Å². The SMILES string of the molecule is CC1=CN(C)C(C)=C(c2ccccc2)C1. The van der Waals surface area contributed by atoms with Gasteiger partial charge in [-0.2, -0.15) is 0 Å². The monoisotopic (exact) mass is 199 g/mol. The van der Waals surface area contributed by atoms with Crippen molar-refractivity contribution in [3.05, 3.63) is 53.4 Å². The smallest absolute Gasteiger partial charge is 0.0181 e. The van der Waals surface area contributed by atoms with Crippen LogP contribution < -0.4 is 0 Å². The van der Waals surface area contributed by atoms with Gasteiger partial charge in [0.2, 0.25) is 0 Å². The Hall–Kier alpha value is -1.50. The summed E-state index contributed by atoms with van der Waals surface area (Å²) in [5.74, 6) is 0. The summed E-state index contributed by atoms with van der Waals surface area (Å²) >= 11 is 0. The Morgan fingerprint density at radius 3 is 2.40 bits per heavy atom. The molecule has 1 heteroatoms. The fourth-order valence-electron chi connectivity index (χ4n) is 2.04. The Morgan fingerprint density at radius 2 is 1.73 bits per heavy atom. The zero-order valence-corrected chi connectivity index (χ0v) is 9.62. The molecular weight excluding hydrogens is 182 g/mol. The molecule has 0 spiro atoms. The summed E-state index contributed by atoms with van der Waals surface area (Å²) in [5.41, 5.74) is 5.56. The van der Waals surface area contributed by atoms with Crippen molar-refractivity contribution in [1.29, 1.82) is 0 Å². The second-order valence-electron chi connectivity index (χ2n) is 4.19. The molecule has 0 N–H and O–H groups in total. The molecule has 0 atom stereocenters. The number of nitrogens with zero attached hydrogens (tertiary/aromatic N) is 1. The van der Waals surface area contributed by atoms with E-state index >= 15 is 0 Å². The van der Waals surface area contributed by atoms with Crippen LogP contribution in [-0.4, -0.2) is 11.9 Å². The third-order valence-electron chi connectivity index (χ3n) is 2.96. The summed E-state index contributed by atoms with van der Waals surface area (Å²) in [6.07, 6.45) is 3.28. The van der Waals surface area contributed by atoms with Gasteiger partial charge in [0.15, 0.2) is 0 Å². The van der Waals surface area contributed by atoms with E-state index in [1.165, 1.54) is 22.4 Å². The van der Waals surface area contributed by atoms with Gasteiger partial charge in [0, 0.05) is 18.9 Å². The van der Waals surface area contributed by atoms with Crippen molar-refractivity contribution < 1.29 is 0 Å². The topological polar surface area (TPSA) is 3.24 Å². The molecular formula is C14H17N. The molecule has 78 valence electrons. The molecule has 0 radical (unpaired) electrons. The lowest BCUT2D eigenvalue weighted by Crippen LogP contribution is -2.14. The molecule has 1 aromatic carbocycles. The minimum absolute atomic E-state index is 1.07. The van der Waals surface area contributed by atoms with Crippen LogP contribution in [0, 0.1) is 0 Å². The van der Waals surface area contributed by atoms with Gasteiger partial charge in [0.1, 0.15) is 0 Å². The first-order valence-corrected chi connectivity index (χ1v) is 5.34. The van der Waals surface area contributed by atoms with Gasteiger partial charge in [-0.25, -0.2) is 0 Å². The van der Waals surface area contributed by atoms with Crippen LogP contribution in [-0.2, 0) is 0 Å². The second-order valence-corrected chi connectivity index (χ2v) is 4.19. The number of benzene rings is 1. The number of allylic oxidation sites excluding steroid dienone is 3. The third-order valence-corrected chi connectivity index (χ3v) is 2.96. The van der Waals surface area contributed by atoms with Gasteiger partial charge >= 0.3 is 0 Å². The van der Waals surface area contributed by atoms with E-state index in [1.54, 1.807) is 0 Å². The highest BCUT2D eigenvalue weighted by Gasteiger charge is 2.13. The summed E-state index contributed by atoms with van der Waals surface area (Å²) in [6, 6.07) is 10.6. The quantitative estimate of drug-likeness (QED) is 0.667. The Labute approximate surface area is 91.7 Å². The van der Waals surface area contributed by atoms with Crippen LogP contribution >= 0.6 is 0 Å². The van der Waals surface area contributed by atoms with Gasteiger partial charge in [0.25, 0.3) is 0 Å². The maximum Gasteiger partial charge on any atom is 0.0181 e. The molecule has 0 aliphatic carbocycles. The van der Waals surface area contributed by atoms with Gasteiger partial charge in [0.05, 0.1) is 0 Å². The van der Waals surface area contributed by atoms with Crippen molar-refractivity contribution in [2.24, 2.45) is 0 Å². The lowest BCUT2D eigenvalue weighted by Gasteiger charge is -2.26. The first-order valence-electron chi connectivity index (χ1n) is 5.34. The molecule has 1 heterocycles.